The third-order valence-corrected chi connectivity index (χ3v) is 2.52. The van der Waals surface area contributed by atoms with Gasteiger partial charge in [0.25, 0.3) is 0 Å². The Morgan fingerprint density at radius 3 is 2.79 bits per heavy atom. The molecule has 1 aliphatic rings. The lowest BCUT2D eigenvalue weighted by Gasteiger charge is -1.98. The Morgan fingerprint density at radius 2 is 2.14 bits per heavy atom. The molecule has 0 unspecified atom stereocenters. The summed E-state index contributed by atoms with van der Waals surface area (Å²) in [5, 5.41) is 0. The van der Waals surface area contributed by atoms with Crippen LogP contribution in [0.2, 0.25) is 0 Å². The van der Waals surface area contributed by atoms with Crippen LogP contribution in [0, 0.1) is 5.92 Å². The maximum atomic E-state index is 11.3. The smallest absolute Gasteiger partial charge is 0.314 e. The van der Waals surface area contributed by atoms with Crippen molar-refractivity contribution in [1.82, 2.24) is 0 Å². The molecule has 0 spiro atoms. The summed E-state index contributed by atoms with van der Waals surface area (Å²) in [6.45, 7) is 3.37. The number of carbonyl (C=O) groups excluding carboxylic acids is 1. The van der Waals surface area contributed by atoms with Gasteiger partial charge in [-0.2, -0.15) is 0 Å². The van der Waals surface area contributed by atoms with Crippen molar-refractivity contribution in [2.45, 2.75) is 12.3 Å². The highest BCUT2D eigenvalue weighted by atomic mass is 16.5. The lowest BCUT2D eigenvalue weighted by molar-refractivity contribution is -0.139. The van der Waals surface area contributed by atoms with Gasteiger partial charge in [0.05, 0.1) is 12.2 Å². The Bertz CT molecular complexity index is 343. The average molecular weight is 188 g/mol. The van der Waals surface area contributed by atoms with E-state index in [0.717, 1.165) is 6.42 Å². The number of ether oxygens (including phenoxy) is 1. The summed E-state index contributed by atoms with van der Waals surface area (Å²) in [5.74, 6) is 0.230. The molecule has 1 saturated carbocycles. The molecule has 14 heavy (non-hydrogen) atoms. The van der Waals surface area contributed by atoms with Gasteiger partial charge in [0.1, 0.15) is 0 Å². The highest BCUT2D eigenvalue weighted by Gasteiger charge is 2.44. The van der Waals surface area contributed by atoms with Gasteiger partial charge in [0, 0.05) is 0 Å². The van der Waals surface area contributed by atoms with E-state index < -0.39 is 0 Å². The molecule has 0 bridgehead atoms. The minimum atomic E-state index is -0.158. The summed E-state index contributed by atoms with van der Waals surface area (Å²) in [6.07, 6.45) is 2.10. The fourth-order valence-electron chi connectivity index (χ4n) is 1.69. The van der Waals surface area contributed by atoms with Crippen molar-refractivity contribution < 1.29 is 9.53 Å². The molecule has 0 saturated heterocycles. The largest absolute Gasteiger partial charge is 0.435 e. The number of benzene rings is 1. The van der Waals surface area contributed by atoms with Gasteiger partial charge in [-0.25, -0.2) is 0 Å². The highest BCUT2D eigenvalue weighted by Crippen LogP contribution is 2.47. The third kappa shape index (κ3) is 1.69. The minimum absolute atomic E-state index is 0.0374. The van der Waals surface area contributed by atoms with Crippen LogP contribution in [0.15, 0.2) is 43.2 Å². The zero-order valence-corrected chi connectivity index (χ0v) is 7.85. The zero-order valence-electron chi connectivity index (χ0n) is 7.85. The number of hydrogen-bond donors (Lipinski definition) is 0. The second kappa shape index (κ2) is 3.66. The number of rotatable bonds is 3. The molecule has 1 aliphatic carbocycles. The van der Waals surface area contributed by atoms with E-state index in [-0.39, 0.29) is 11.9 Å². The van der Waals surface area contributed by atoms with E-state index in [1.54, 1.807) is 0 Å². The molecule has 2 heteroatoms. The molecule has 0 aromatic heterocycles. The van der Waals surface area contributed by atoms with Crippen LogP contribution in [0.3, 0.4) is 0 Å². The van der Waals surface area contributed by atoms with Crippen molar-refractivity contribution >= 4 is 5.97 Å². The van der Waals surface area contributed by atoms with Crippen LogP contribution in [-0.2, 0) is 9.53 Å². The van der Waals surface area contributed by atoms with Crippen molar-refractivity contribution in [2.24, 2.45) is 5.92 Å². The predicted molar refractivity (Wildman–Crippen MR) is 53.6 cm³/mol. The molecule has 2 rings (SSSR count). The topological polar surface area (TPSA) is 26.3 Å². The molecule has 1 aromatic rings. The number of carbonyl (C=O) groups is 1. The molecule has 2 atom stereocenters. The molecule has 2 nitrogen and oxygen atoms in total. The molecule has 1 aromatic carbocycles. The molecule has 0 heterocycles. The van der Waals surface area contributed by atoms with Crippen LogP contribution in [0.25, 0.3) is 0 Å². The van der Waals surface area contributed by atoms with Gasteiger partial charge >= 0.3 is 5.97 Å². The van der Waals surface area contributed by atoms with E-state index in [9.17, 15) is 4.79 Å². The lowest BCUT2D eigenvalue weighted by Crippen LogP contribution is -2.03. The van der Waals surface area contributed by atoms with E-state index in [4.69, 9.17) is 4.74 Å². The van der Waals surface area contributed by atoms with Crippen LogP contribution in [0.4, 0.5) is 0 Å². The number of hydrogen-bond acceptors (Lipinski definition) is 2. The molecule has 0 radical (unpaired) electrons. The maximum absolute atomic E-state index is 11.3. The number of esters is 1. The van der Waals surface area contributed by atoms with Crippen molar-refractivity contribution in [3.63, 3.8) is 0 Å². The fraction of sp³-hybridized carbons (Fsp3) is 0.250. The van der Waals surface area contributed by atoms with Crippen LogP contribution in [0.1, 0.15) is 17.9 Å². The molecular weight excluding hydrogens is 176 g/mol. The second-order valence-electron chi connectivity index (χ2n) is 3.46. The standard InChI is InChI=1S/C12H12O2/c1-2-14-12(13)11-8-10(11)9-6-4-3-5-7-9/h2-7,10-11H,1,8H2/t10-,11+/m0/s1. The van der Waals surface area contributed by atoms with Crippen molar-refractivity contribution in [3.05, 3.63) is 48.7 Å². The average Bonchev–Trinajstić information content (AvgIpc) is 2.99. The molecule has 0 amide bonds. The Morgan fingerprint density at radius 1 is 1.43 bits per heavy atom. The van der Waals surface area contributed by atoms with Crippen molar-refractivity contribution in [2.75, 3.05) is 0 Å². The first-order valence-corrected chi connectivity index (χ1v) is 4.69. The van der Waals surface area contributed by atoms with E-state index in [2.05, 4.69) is 6.58 Å². The first-order valence-electron chi connectivity index (χ1n) is 4.69. The molecule has 72 valence electrons. The quantitative estimate of drug-likeness (QED) is 0.538. The first-order chi connectivity index (χ1) is 6.83. The first kappa shape index (κ1) is 9.00. The van der Waals surface area contributed by atoms with Gasteiger partial charge in [0.15, 0.2) is 0 Å². The molecule has 0 N–H and O–H groups in total. The predicted octanol–water partition coefficient (Wildman–Crippen LogP) is 2.48. The highest BCUT2D eigenvalue weighted by molar-refractivity contribution is 5.77. The van der Waals surface area contributed by atoms with Gasteiger partial charge in [-0.1, -0.05) is 36.9 Å². The van der Waals surface area contributed by atoms with E-state index in [0.29, 0.717) is 5.92 Å². The van der Waals surface area contributed by atoms with Gasteiger partial charge in [-0.15, -0.1) is 0 Å². The third-order valence-electron chi connectivity index (χ3n) is 2.52. The van der Waals surface area contributed by atoms with Crippen LogP contribution >= 0.6 is 0 Å². The summed E-state index contributed by atoms with van der Waals surface area (Å²) in [5.41, 5.74) is 1.22. The lowest BCUT2D eigenvalue weighted by atomic mass is 10.1. The monoisotopic (exact) mass is 188 g/mol. The van der Waals surface area contributed by atoms with E-state index >= 15 is 0 Å². The van der Waals surface area contributed by atoms with Gasteiger partial charge in [0.2, 0.25) is 0 Å². The Balaban J connectivity index is 1.99. The summed E-state index contributed by atoms with van der Waals surface area (Å²) >= 11 is 0. The van der Waals surface area contributed by atoms with Gasteiger partial charge < -0.3 is 4.74 Å². The van der Waals surface area contributed by atoms with Crippen LogP contribution in [0.5, 0.6) is 0 Å². The second-order valence-corrected chi connectivity index (χ2v) is 3.46. The van der Waals surface area contributed by atoms with Crippen LogP contribution < -0.4 is 0 Å². The van der Waals surface area contributed by atoms with Crippen molar-refractivity contribution in [3.8, 4) is 0 Å². The molecule has 1 fully saturated rings. The summed E-state index contributed by atoms with van der Waals surface area (Å²) < 4.78 is 4.74. The zero-order chi connectivity index (χ0) is 9.97. The summed E-state index contributed by atoms with van der Waals surface area (Å²) in [4.78, 5) is 11.3. The van der Waals surface area contributed by atoms with E-state index in [1.165, 1.54) is 11.8 Å². The molecule has 0 aliphatic heterocycles. The fourth-order valence-corrected chi connectivity index (χ4v) is 1.69. The Hall–Kier alpha value is -1.57. The minimum Gasteiger partial charge on any atom is -0.435 e. The van der Waals surface area contributed by atoms with Gasteiger partial charge in [-0.05, 0) is 17.9 Å². The Kier molecular flexibility index (Phi) is 2.35. The van der Waals surface area contributed by atoms with E-state index in [1.807, 2.05) is 30.3 Å². The summed E-state index contributed by atoms with van der Waals surface area (Å²) in [7, 11) is 0. The van der Waals surface area contributed by atoms with Gasteiger partial charge in [-0.3, -0.25) is 4.79 Å². The van der Waals surface area contributed by atoms with Crippen LogP contribution in [-0.4, -0.2) is 5.97 Å². The van der Waals surface area contributed by atoms with Crippen molar-refractivity contribution in [1.29, 1.82) is 0 Å². The SMILES string of the molecule is C=COC(=O)[C@@H]1C[C@H]1c1ccccc1. The summed E-state index contributed by atoms with van der Waals surface area (Å²) in [6, 6.07) is 10.0. The maximum Gasteiger partial charge on any atom is 0.314 e. The molecular formula is C12H12O2. The normalized spacial score (nSPS) is 24.0. The Labute approximate surface area is 83.2 Å².